The summed E-state index contributed by atoms with van der Waals surface area (Å²) in [5, 5.41) is 3.34. The topological polar surface area (TPSA) is 28.2 Å². The summed E-state index contributed by atoms with van der Waals surface area (Å²) >= 11 is 0. The minimum Gasteiger partial charge on any atom is -0.314 e. The summed E-state index contributed by atoms with van der Waals surface area (Å²) in [6, 6.07) is 9.63. The molecule has 1 unspecified atom stereocenters. The molecule has 0 saturated carbocycles. The van der Waals surface area contributed by atoms with Gasteiger partial charge in [-0.1, -0.05) is 18.2 Å². The van der Waals surface area contributed by atoms with Crippen molar-refractivity contribution in [3.05, 3.63) is 65.5 Å². The molecule has 1 aliphatic rings. The first-order valence-electron chi connectivity index (χ1n) is 7.55. The highest BCUT2D eigenvalue weighted by molar-refractivity contribution is 5.26. The maximum Gasteiger partial charge on any atom is 0.416 e. The number of alkyl halides is 3. The van der Waals surface area contributed by atoms with Gasteiger partial charge in [-0.15, -0.1) is 0 Å². The Labute approximate surface area is 133 Å². The van der Waals surface area contributed by atoms with Crippen molar-refractivity contribution >= 4 is 0 Å². The van der Waals surface area contributed by atoms with E-state index in [1.165, 1.54) is 12.1 Å². The molecular formula is C17H18F3N3. The molecular weight excluding hydrogens is 303 g/mol. The minimum absolute atomic E-state index is 0.140. The number of nitrogens with one attached hydrogen (secondary N) is 1. The largest absolute Gasteiger partial charge is 0.416 e. The second-order valence-electron chi connectivity index (χ2n) is 5.67. The molecule has 1 aromatic heterocycles. The number of pyridine rings is 1. The van der Waals surface area contributed by atoms with Crippen molar-refractivity contribution in [3.8, 4) is 0 Å². The summed E-state index contributed by atoms with van der Waals surface area (Å²) in [4.78, 5) is 6.23. The highest BCUT2D eigenvalue weighted by atomic mass is 19.4. The van der Waals surface area contributed by atoms with Crippen LogP contribution in [0.4, 0.5) is 13.2 Å². The van der Waals surface area contributed by atoms with Crippen molar-refractivity contribution in [3.63, 3.8) is 0 Å². The lowest BCUT2D eigenvalue weighted by molar-refractivity contribution is -0.137. The molecule has 2 aromatic rings. The lowest BCUT2D eigenvalue weighted by Gasteiger charge is -2.36. The summed E-state index contributed by atoms with van der Waals surface area (Å²) in [5.41, 5.74) is 1.21. The molecule has 1 saturated heterocycles. The molecule has 6 heteroatoms. The van der Waals surface area contributed by atoms with Gasteiger partial charge in [0, 0.05) is 44.6 Å². The van der Waals surface area contributed by atoms with Crippen LogP contribution in [0.1, 0.15) is 22.7 Å². The highest BCUT2D eigenvalue weighted by Crippen LogP contribution is 2.30. The highest BCUT2D eigenvalue weighted by Gasteiger charge is 2.31. The first kappa shape index (κ1) is 16.0. The third kappa shape index (κ3) is 3.89. The van der Waals surface area contributed by atoms with E-state index in [1.54, 1.807) is 18.5 Å². The van der Waals surface area contributed by atoms with E-state index in [4.69, 9.17) is 0 Å². The van der Waals surface area contributed by atoms with E-state index < -0.39 is 11.7 Å². The molecule has 1 aromatic carbocycles. The third-order valence-electron chi connectivity index (χ3n) is 4.09. The van der Waals surface area contributed by atoms with E-state index in [1.807, 2.05) is 12.1 Å². The maximum absolute atomic E-state index is 12.9. The predicted octanol–water partition coefficient (Wildman–Crippen LogP) is 3.25. The lowest BCUT2D eigenvalue weighted by atomic mass is 10.0. The number of rotatable bonds is 3. The SMILES string of the molecule is FC(F)(F)c1cccc(CN2CCNCC2c2ccncc2)c1. The molecule has 122 valence electrons. The monoisotopic (exact) mass is 321 g/mol. The van der Waals surface area contributed by atoms with Gasteiger partial charge in [-0.25, -0.2) is 0 Å². The molecule has 3 nitrogen and oxygen atoms in total. The minimum atomic E-state index is -4.30. The normalized spacial score (nSPS) is 19.7. The van der Waals surface area contributed by atoms with Gasteiger partial charge in [0.1, 0.15) is 0 Å². The Kier molecular flexibility index (Phi) is 4.63. The fourth-order valence-corrected chi connectivity index (χ4v) is 2.93. The Morgan fingerprint density at radius 3 is 2.70 bits per heavy atom. The van der Waals surface area contributed by atoms with Gasteiger partial charge in [-0.3, -0.25) is 9.88 Å². The van der Waals surface area contributed by atoms with Crippen LogP contribution in [-0.4, -0.2) is 29.5 Å². The number of aromatic nitrogens is 1. The van der Waals surface area contributed by atoms with Crippen molar-refractivity contribution in [2.45, 2.75) is 18.8 Å². The summed E-state index contributed by atoms with van der Waals surface area (Å²) in [5.74, 6) is 0. The van der Waals surface area contributed by atoms with E-state index in [0.717, 1.165) is 31.3 Å². The molecule has 1 aliphatic heterocycles. The smallest absolute Gasteiger partial charge is 0.314 e. The molecule has 0 radical (unpaired) electrons. The lowest BCUT2D eigenvalue weighted by Crippen LogP contribution is -2.45. The molecule has 3 rings (SSSR count). The number of halogens is 3. The van der Waals surface area contributed by atoms with E-state index >= 15 is 0 Å². The van der Waals surface area contributed by atoms with Crippen LogP contribution in [0.2, 0.25) is 0 Å². The van der Waals surface area contributed by atoms with Gasteiger partial charge in [0.2, 0.25) is 0 Å². The van der Waals surface area contributed by atoms with Gasteiger partial charge in [0.25, 0.3) is 0 Å². The van der Waals surface area contributed by atoms with Crippen molar-refractivity contribution in [2.75, 3.05) is 19.6 Å². The average molecular weight is 321 g/mol. The van der Waals surface area contributed by atoms with Crippen LogP contribution in [-0.2, 0) is 12.7 Å². The molecule has 0 bridgehead atoms. The molecule has 1 N–H and O–H groups in total. The number of benzene rings is 1. The Bertz CT molecular complexity index is 643. The molecule has 23 heavy (non-hydrogen) atoms. The second-order valence-corrected chi connectivity index (χ2v) is 5.67. The van der Waals surface area contributed by atoms with Crippen LogP contribution >= 0.6 is 0 Å². The molecule has 0 spiro atoms. The van der Waals surface area contributed by atoms with Gasteiger partial charge < -0.3 is 5.32 Å². The summed E-state index contributed by atoms with van der Waals surface area (Å²) in [7, 11) is 0. The fourth-order valence-electron chi connectivity index (χ4n) is 2.93. The Balaban J connectivity index is 1.80. The molecule has 1 atom stereocenters. The molecule has 1 fully saturated rings. The van der Waals surface area contributed by atoms with Gasteiger partial charge in [-0.2, -0.15) is 13.2 Å². The predicted molar refractivity (Wildman–Crippen MR) is 81.7 cm³/mol. The maximum atomic E-state index is 12.9. The number of hydrogen-bond acceptors (Lipinski definition) is 3. The first-order chi connectivity index (χ1) is 11.0. The zero-order chi connectivity index (χ0) is 16.3. The number of piperazine rings is 1. The Morgan fingerprint density at radius 1 is 1.17 bits per heavy atom. The quantitative estimate of drug-likeness (QED) is 0.941. The van der Waals surface area contributed by atoms with E-state index in [9.17, 15) is 13.2 Å². The van der Waals surface area contributed by atoms with Gasteiger partial charge in [0.15, 0.2) is 0 Å². The average Bonchev–Trinajstić information content (AvgIpc) is 2.56. The van der Waals surface area contributed by atoms with Crippen LogP contribution < -0.4 is 5.32 Å². The van der Waals surface area contributed by atoms with Crippen molar-refractivity contribution in [2.24, 2.45) is 0 Å². The van der Waals surface area contributed by atoms with Gasteiger partial charge in [-0.05, 0) is 29.3 Å². The Morgan fingerprint density at radius 2 is 1.96 bits per heavy atom. The van der Waals surface area contributed by atoms with Crippen LogP contribution in [0.5, 0.6) is 0 Å². The molecule has 0 amide bonds. The third-order valence-corrected chi connectivity index (χ3v) is 4.09. The zero-order valence-electron chi connectivity index (χ0n) is 12.6. The van der Waals surface area contributed by atoms with Gasteiger partial charge in [0.05, 0.1) is 5.56 Å². The van der Waals surface area contributed by atoms with Crippen LogP contribution in [0, 0.1) is 0 Å². The Hall–Kier alpha value is -1.92. The van der Waals surface area contributed by atoms with Crippen LogP contribution in [0.25, 0.3) is 0 Å². The zero-order valence-corrected chi connectivity index (χ0v) is 12.6. The summed E-state index contributed by atoms with van der Waals surface area (Å²) in [6.07, 6.45) is -0.817. The van der Waals surface area contributed by atoms with E-state index in [0.29, 0.717) is 12.1 Å². The van der Waals surface area contributed by atoms with Crippen LogP contribution in [0.3, 0.4) is 0 Å². The summed E-state index contributed by atoms with van der Waals surface area (Å²) < 4.78 is 38.6. The standard InChI is InChI=1S/C17H18F3N3/c18-17(19,20)15-3-1-2-13(10-15)12-23-9-8-22-11-16(23)14-4-6-21-7-5-14/h1-7,10,16,22H,8-9,11-12H2. The van der Waals surface area contributed by atoms with Crippen LogP contribution in [0.15, 0.2) is 48.8 Å². The van der Waals surface area contributed by atoms with Gasteiger partial charge >= 0.3 is 6.18 Å². The van der Waals surface area contributed by atoms with Crippen molar-refractivity contribution < 1.29 is 13.2 Å². The van der Waals surface area contributed by atoms with Crippen molar-refractivity contribution in [1.82, 2.24) is 15.2 Å². The first-order valence-corrected chi connectivity index (χ1v) is 7.55. The molecule has 0 aliphatic carbocycles. The number of hydrogen-bond donors (Lipinski definition) is 1. The van der Waals surface area contributed by atoms with Crippen molar-refractivity contribution in [1.29, 1.82) is 0 Å². The number of nitrogens with zero attached hydrogens (tertiary/aromatic N) is 2. The molecule has 2 heterocycles. The van der Waals surface area contributed by atoms with E-state index in [-0.39, 0.29) is 6.04 Å². The van der Waals surface area contributed by atoms with E-state index in [2.05, 4.69) is 15.2 Å². The second kappa shape index (κ2) is 6.68. The summed E-state index contributed by atoms with van der Waals surface area (Å²) in [6.45, 7) is 2.91. The fraction of sp³-hybridized carbons (Fsp3) is 0.353.